The molecule has 3 N–H and O–H groups in total. The normalized spacial score (nSPS) is 15.0. The number of nitrogens with one attached hydrogen (secondary N) is 1. The summed E-state index contributed by atoms with van der Waals surface area (Å²) < 4.78 is 83.7. The lowest BCUT2D eigenvalue weighted by Gasteiger charge is -2.21. The summed E-state index contributed by atoms with van der Waals surface area (Å²) in [6.45, 7) is -0.740. The number of carbonyl (C=O) groups is 1. The number of benzene rings is 3. The molecule has 196 valence electrons. The molecule has 0 saturated heterocycles. The van der Waals surface area contributed by atoms with Crippen LogP contribution in [0.3, 0.4) is 0 Å². The maximum Gasteiger partial charge on any atom is 0.416 e. The van der Waals surface area contributed by atoms with Gasteiger partial charge in [-0.3, -0.25) is 0 Å². The number of aliphatic hydroxyl groups is 2. The van der Waals surface area contributed by atoms with Gasteiger partial charge in [0.25, 0.3) is 0 Å². The maximum atomic E-state index is 13.1. The van der Waals surface area contributed by atoms with Crippen LogP contribution in [0.25, 0.3) is 11.1 Å². The summed E-state index contributed by atoms with van der Waals surface area (Å²) in [5, 5.41) is 22.6. The third kappa shape index (κ3) is 5.72. The van der Waals surface area contributed by atoms with Crippen LogP contribution in [0, 0.1) is 0 Å². The predicted octanol–water partition coefficient (Wildman–Crippen LogP) is 5.66. The Labute approximate surface area is 207 Å². The molecular formula is C26H21F6NO4. The second-order valence-corrected chi connectivity index (χ2v) is 8.56. The lowest BCUT2D eigenvalue weighted by atomic mass is 9.98. The number of rotatable bonds is 6. The average molecular weight is 525 g/mol. The highest BCUT2D eigenvalue weighted by molar-refractivity contribution is 5.79. The maximum absolute atomic E-state index is 13.1. The van der Waals surface area contributed by atoms with Crippen LogP contribution in [0.5, 0.6) is 0 Å². The second-order valence-electron chi connectivity index (χ2n) is 8.56. The van der Waals surface area contributed by atoms with Gasteiger partial charge in [-0.1, -0.05) is 48.5 Å². The first-order valence-electron chi connectivity index (χ1n) is 11.1. The molecule has 0 aromatic heterocycles. The number of fused-ring (bicyclic) bond motifs is 3. The molecule has 2 unspecified atom stereocenters. The molecule has 0 saturated carbocycles. The summed E-state index contributed by atoms with van der Waals surface area (Å²) in [5.74, 6) is -0.250. The van der Waals surface area contributed by atoms with Crippen molar-refractivity contribution in [1.82, 2.24) is 5.32 Å². The number of hydrogen-bond acceptors (Lipinski definition) is 4. The minimum absolute atomic E-state index is 0.0545. The van der Waals surface area contributed by atoms with Crippen molar-refractivity contribution >= 4 is 6.09 Å². The van der Waals surface area contributed by atoms with Crippen LogP contribution in [-0.4, -0.2) is 35.6 Å². The van der Waals surface area contributed by atoms with E-state index in [1.54, 1.807) is 0 Å². The number of alkyl carbamates (subject to hydrolysis) is 1. The smallest absolute Gasteiger partial charge is 0.416 e. The van der Waals surface area contributed by atoms with Crippen LogP contribution < -0.4 is 5.32 Å². The molecule has 3 aromatic carbocycles. The fourth-order valence-corrected chi connectivity index (χ4v) is 4.32. The number of ether oxygens (including phenoxy) is 1. The van der Waals surface area contributed by atoms with Crippen molar-refractivity contribution in [2.24, 2.45) is 0 Å². The molecular weight excluding hydrogens is 504 g/mol. The van der Waals surface area contributed by atoms with Crippen LogP contribution in [0.2, 0.25) is 0 Å². The molecule has 0 heterocycles. The third-order valence-electron chi connectivity index (χ3n) is 6.12. The molecule has 5 nitrogen and oxygen atoms in total. The van der Waals surface area contributed by atoms with Crippen molar-refractivity contribution in [2.45, 2.75) is 30.5 Å². The van der Waals surface area contributed by atoms with E-state index in [0.717, 1.165) is 22.3 Å². The second kappa shape index (κ2) is 10.1. The molecule has 4 rings (SSSR count). The van der Waals surface area contributed by atoms with Crippen LogP contribution in [0.1, 0.15) is 39.8 Å². The number of amides is 1. The van der Waals surface area contributed by atoms with E-state index in [0.29, 0.717) is 12.1 Å². The van der Waals surface area contributed by atoms with Gasteiger partial charge in [0.15, 0.2) is 0 Å². The van der Waals surface area contributed by atoms with E-state index in [-0.39, 0.29) is 18.6 Å². The summed E-state index contributed by atoms with van der Waals surface area (Å²) in [6.07, 6.45) is -15.3. The first-order chi connectivity index (χ1) is 17.4. The molecule has 0 bridgehead atoms. The van der Waals surface area contributed by atoms with Gasteiger partial charge in [0.1, 0.15) is 18.8 Å². The van der Waals surface area contributed by atoms with Crippen LogP contribution in [-0.2, 0) is 17.1 Å². The van der Waals surface area contributed by atoms with Gasteiger partial charge >= 0.3 is 18.4 Å². The van der Waals surface area contributed by atoms with E-state index < -0.39 is 53.9 Å². The minimum Gasteiger partial charge on any atom is -0.449 e. The third-order valence-corrected chi connectivity index (χ3v) is 6.12. The fraction of sp³-hybridized carbons (Fsp3) is 0.269. The van der Waals surface area contributed by atoms with Crippen molar-refractivity contribution in [2.75, 3.05) is 13.2 Å². The van der Waals surface area contributed by atoms with Crippen LogP contribution >= 0.6 is 0 Å². The zero-order valence-corrected chi connectivity index (χ0v) is 19.0. The van der Waals surface area contributed by atoms with Crippen LogP contribution in [0.15, 0.2) is 66.7 Å². The lowest BCUT2D eigenvalue weighted by Crippen LogP contribution is -2.36. The number of alkyl halides is 6. The molecule has 0 spiro atoms. The molecule has 0 radical (unpaired) electrons. The van der Waals surface area contributed by atoms with E-state index >= 15 is 0 Å². The van der Waals surface area contributed by atoms with Gasteiger partial charge in [-0.25, -0.2) is 4.79 Å². The first kappa shape index (κ1) is 26.5. The van der Waals surface area contributed by atoms with Gasteiger partial charge in [-0.15, -0.1) is 0 Å². The Morgan fingerprint density at radius 1 is 0.838 bits per heavy atom. The average Bonchev–Trinajstić information content (AvgIpc) is 3.18. The van der Waals surface area contributed by atoms with Crippen LogP contribution in [0.4, 0.5) is 31.1 Å². The highest BCUT2D eigenvalue weighted by atomic mass is 19.4. The molecule has 0 aliphatic heterocycles. The van der Waals surface area contributed by atoms with Crippen molar-refractivity contribution in [1.29, 1.82) is 0 Å². The summed E-state index contributed by atoms with van der Waals surface area (Å²) in [6, 6.07) is 15.7. The lowest BCUT2D eigenvalue weighted by molar-refractivity contribution is -0.143. The van der Waals surface area contributed by atoms with Gasteiger partial charge in [0, 0.05) is 12.5 Å². The Hall–Kier alpha value is -3.57. The molecule has 37 heavy (non-hydrogen) atoms. The fourth-order valence-electron chi connectivity index (χ4n) is 4.32. The molecule has 0 fully saturated rings. The van der Waals surface area contributed by atoms with E-state index in [1.807, 2.05) is 48.5 Å². The first-order valence-corrected chi connectivity index (χ1v) is 11.1. The number of aliphatic hydroxyl groups excluding tert-OH is 2. The molecule has 1 amide bonds. The summed E-state index contributed by atoms with van der Waals surface area (Å²) >= 11 is 0. The predicted molar refractivity (Wildman–Crippen MR) is 120 cm³/mol. The number of carbonyl (C=O) groups excluding carboxylic acids is 1. The van der Waals surface area contributed by atoms with E-state index in [9.17, 15) is 41.4 Å². The standard InChI is InChI=1S/C26H21F6NO4/c27-25(28,29)15-9-14(10-16(11-15)26(30,31)32)23(35)22(34)12-33-24(36)37-13-21-19-7-3-1-5-17(19)18-6-2-4-8-20(18)21/h1-11,21-23,34-35H,12-13H2,(H,33,36). The minimum atomic E-state index is -5.11. The molecule has 1 aliphatic rings. The van der Waals surface area contributed by atoms with E-state index in [1.165, 1.54) is 0 Å². The largest absolute Gasteiger partial charge is 0.449 e. The zero-order chi connectivity index (χ0) is 27.0. The SMILES string of the molecule is O=C(NCC(O)C(O)c1cc(C(F)(F)F)cc(C(F)(F)F)c1)OCC1c2ccccc2-c2ccccc21. The van der Waals surface area contributed by atoms with Gasteiger partial charge in [0.2, 0.25) is 0 Å². The highest BCUT2D eigenvalue weighted by Crippen LogP contribution is 2.44. The van der Waals surface area contributed by atoms with Gasteiger partial charge in [-0.2, -0.15) is 26.3 Å². The zero-order valence-electron chi connectivity index (χ0n) is 19.0. The van der Waals surface area contributed by atoms with E-state index in [4.69, 9.17) is 4.74 Å². The monoisotopic (exact) mass is 525 g/mol. The molecule has 2 atom stereocenters. The summed E-state index contributed by atoms with van der Waals surface area (Å²) in [4.78, 5) is 12.2. The van der Waals surface area contributed by atoms with Crippen molar-refractivity contribution < 1.29 is 46.1 Å². The Morgan fingerprint density at radius 3 is 1.81 bits per heavy atom. The van der Waals surface area contributed by atoms with E-state index in [2.05, 4.69) is 5.32 Å². The van der Waals surface area contributed by atoms with Crippen molar-refractivity contribution in [3.63, 3.8) is 0 Å². The van der Waals surface area contributed by atoms with Gasteiger partial charge < -0.3 is 20.3 Å². The quantitative estimate of drug-likeness (QED) is 0.363. The Morgan fingerprint density at radius 2 is 1.32 bits per heavy atom. The molecule has 1 aliphatic carbocycles. The topological polar surface area (TPSA) is 78.8 Å². The van der Waals surface area contributed by atoms with Crippen molar-refractivity contribution in [3.05, 3.63) is 94.5 Å². The Balaban J connectivity index is 1.40. The Bertz CT molecular complexity index is 1210. The number of halogens is 6. The van der Waals surface area contributed by atoms with Crippen molar-refractivity contribution in [3.8, 4) is 11.1 Å². The molecule has 3 aromatic rings. The van der Waals surface area contributed by atoms with Gasteiger partial charge in [-0.05, 0) is 46.0 Å². The Kier molecular flexibility index (Phi) is 7.20. The number of hydrogen-bond donors (Lipinski definition) is 3. The summed E-state index contributed by atoms with van der Waals surface area (Å²) in [5.41, 5.74) is -0.144. The highest BCUT2D eigenvalue weighted by Gasteiger charge is 2.38. The van der Waals surface area contributed by atoms with Gasteiger partial charge in [0.05, 0.1) is 11.1 Å². The summed E-state index contributed by atoms with van der Waals surface area (Å²) in [7, 11) is 0. The molecule has 11 heteroatoms.